The molecule has 4 nitrogen and oxygen atoms in total. The van der Waals surface area contributed by atoms with Crippen molar-refractivity contribution in [2.75, 3.05) is 38.6 Å². The number of aromatic nitrogens is 1. The zero-order chi connectivity index (χ0) is 13.8. The molecule has 0 aliphatic carbocycles. The van der Waals surface area contributed by atoms with Crippen LogP contribution in [0.25, 0.3) is 0 Å². The van der Waals surface area contributed by atoms with Crippen LogP contribution in [0, 0.1) is 5.92 Å². The molecule has 1 aliphatic heterocycles. The Hall–Kier alpha value is -1.13. The first kappa shape index (κ1) is 14.3. The first-order valence-corrected chi connectivity index (χ1v) is 7.10. The predicted octanol–water partition coefficient (Wildman–Crippen LogP) is 1.91. The molecule has 2 heterocycles. The van der Waals surface area contributed by atoms with Gasteiger partial charge < -0.3 is 14.9 Å². The third kappa shape index (κ3) is 3.91. The molecule has 0 spiro atoms. The van der Waals surface area contributed by atoms with Gasteiger partial charge in [-0.1, -0.05) is 0 Å². The van der Waals surface area contributed by atoms with Crippen LogP contribution in [0.15, 0.2) is 18.3 Å². The van der Waals surface area contributed by atoms with Crippen LogP contribution in [0.4, 0.5) is 5.82 Å². The van der Waals surface area contributed by atoms with E-state index in [1.165, 1.54) is 19.4 Å². The number of anilines is 1. The Labute approximate surface area is 116 Å². The van der Waals surface area contributed by atoms with Crippen LogP contribution < -0.4 is 4.90 Å². The van der Waals surface area contributed by atoms with Crippen LogP contribution >= 0.6 is 0 Å². The number of nitrogens with zero attached hydrogens (tertiary/aromatic N) is 3. The molecule has 0 aromatic carbocycles. The molecule has 1 aromatic rings. The number of rotatable bonds is 4. The molecule has 106 valence electrons. The quantitative estimate of drug-likeness (QED) is 0.901. The molecule has 0 saturated carbocycles. The molecule has 4 heteroatoms. The van der Waals surface area contributed by atoms with E-state index in [-0.39, 0.29) is 0 Å². The monoisotopic (exact) mass is 263 g/mol. The molecule has 1 N–H and O–H groups in total. The minimum atomic E-state index is -0.423. The van der Waals surface area contributed by atoms with Gasteiger partial charge in [-0.2, -0.15) is 0 Å². The molecule has 1 atom stereocenters. The maximum Gasteiger partial charge on any atom is 0.128 e. The molecule has 1 aromatic heterocycles. The highest BCUT2D eigenvalue weighted by atomic mass is 16.3. The van der Waals surface area contributed by atoms with Crippen LogP contribution in [0.5, 0.6) is 0 Å². The van der Waals surface area contributed by atoms with E-state index in [0.29, 0.717) is 0 Å². The van der Waals surface area contributed by atoms with Crippen molar-refractivity contribution >= 4 is 5.82 Å². The van der Waals surface area contributed by atoms with Crippen LogP contribution in [0.3, 0.4) is 0 Å². The lowest BCUT2D eigenvalue weighted by Crippen LogP contribution is -2.37. The molecule has 19 heavy (non-hydrogen) atoms. The lowest BCUT2D eigenvalue weighted by atomic mass is 9.96. The van der Waals surface area contributed by atoms with Crippen molar-refractivity contribution in [2.24, 2.45) is 5.92 Å². The molecule has 2 rings (SSSR count). The predicted molar refractivity (Wildman–Crippen MR) is 78.4 cm³/mol. The lowest BCUT2D eigenvalue weighted by Gasteiger charge is -2.34. The highest BCUT2D eigenvalue weighted by Crippen LogP contribution is 2.24. The van der Waals surface area contributed by atoms with Crippen molar-refractivity contribution in [1.82, 2.24) is 9.88 Å². The molecule has 1 aliphatic rings. The van der Waals surface area contributed by atoms with Crippen LogP contribution in [-0.2, 0) is 0 Å². The van der Waals surface area contributed by atoms with Crippen LogP contribution in [0.1, 0.15) is 31.4 Å². The van der Waals surface area contributed by atoms with Gasteiger partial charge in [0, 0.05) is 25.8 Å². The third-order valence-electron chi connectivity index (χ3n) is 3.81. The maximum atomic E-state index is 9.64. The average molecular weight is 263 g/mol. The van der Waals surface area contributed by atoms with Gasteiger partial charge in [-0.25, -0.2) is 4.98 Å². The standard InChI is InChI=1S/C15H25N3O/c1-12(19)14-4-7-16-15(10-14)18-8-5-13(6-9-18)11-17(2)3/h4,7,10,12-13,19H,5-6,8-9,11H2,1-3H3/t12-/m1/s1. The molecule has 0 unspecified atom stereocenters. The summed E-state index contributed by atoms with van der Waals surface area (Å²) in [4.78, 5) is 9.04. The van der Waals surface area contributed by atoms with Gasteiger partial charge in [0.05, 0.1) is 6.10 Å². The van der Waals surface area contributed by atoms with E-state index in [2.05, 4.69) is 28.9 Å². The number of hydrogen-bond acceptors (Lipinski definition) is 4. The van der Waals surface area contributed by atoms with Crippen molar-refractivity contribution < 1.29 is 5.11 Å². The molecule has 0 bridgehead atoms. The third-order valence-corrected chi connectivity index (χ3v) is 3.81. The highest BCUT2D eigenvalue weighted by molar-refractivity contribution is 5.41. The molecule has 0 amide bonds. The summed E-state index contributed by atoms with van der Waals surface area (Å²) in [7, 11) is 4.28. The van der Waals surface area contributed by atoms with Crippen LogP contribution in [-0.4, -0.2) is 48.7 Å². The summed E-state index contributed by atoms with van der Waals surface area (Å²) in [5, 5.41) is 9.64. The van der Waals surface area contributed by atoms with Crippen molar-refractivity contribution in [3.05, 3.63) is 23.9 Å². The Balaban J connectivity index is 1.96. The summed E-state index contributed by atoms with van der Waals surface area (Å²) < 4.78 is 0. The van der Waals surface area contributed by atoms with E-state index in [9.17, 15) is 5.11 Å². The van der Waals surface area contributed by atoms with Gasteiger partial charge >= 0.3 is 0 Å². The Morgan fingerprint density at radius 2 is 2.11 bits per heavy atom. The molecule has 0 radical (unpaired) electrons. The number of hydrogen-bond donors (Lipinski definition) is 1. The minimum absolute atomic E-state index is 0.423. The summed E-state index contributed by atoms with van der Waals surface area (Å²) in [6.07, 6.45) is 3.81. The van der Waals surface area contributed by atoms with E-state index in [1.54, 1.807) is 13.1 Å². The Morgan fingerprint density at radius 1 is 1.42 bits per heavy atom. The number of aliphatic hydroxyl groups excluding tert-OH is 1. The number of aliphatic hydroxyl groups is 1. The molecule has 1 fully saturated rings. The van der Waals surface area contributed by atoms with E-state index < -0.39 is 6.10 Å². The number of piperidine rings is 1. The lowest BCUT2D eigenvalue weighted by molar-refractivity contribution is 0.199. The topological polar surface area (TPSA) is 39.6 Å². The zero-order valence-electron chi connectivity index (χ0n) is 12.2. The van der Waals surface area contributed by atoms with Crippen molar-refractivity contribution in [1.29, 1.82) is 0 Å². The van der Waals surface area contributed by atoms with Gasteiger partial charge in [-0.05, 0) is 57.5 Å². The van der Waals surface area contributed by atoms with Gasteiger partial charge in [0.2, 0.25) is 0 Å². The second kappa shape index (κ2) is 6.35. The summed E-state index contributed by atoms with van der Waals surface area (Å²) >= 11 is 0. The van der Waals surface area contributed by atoms with Crippen molar-refractivity contribution in [2.45, 2.75) is 25.9 Å². The van der Waals surface area contributed by atoms with Gasteiger partial charge in [0.15, 0.2) is 0 Å². The molecular formula is C15H25N3O. The second-order valence-electron chi connectivity index (χ2n) is 5.82. The SMILES string of the molecule is C[C@@H](O)c1ccnc(N2CCC(CN(C)C)CC2)c1. The summed E-state index contributed by atoms with van der Waals surface area (Å²) in [5.74, 6) is 1.80. The fraction of sp³-hybridized carbons (Fsp3) is 0.667. The highest BCUT2D eigenvalue weighted by Gasteiger charge is 2.20. The van der Waals surface area contributed by atoms with E-state index >= 15 is 0 Å². The Bertz CT molecular complexity index is 398. The van der Waals surface area contributed by atoms with Gasteiger partial charge in [-0.3, -0.25) is 0 Å². The fourth-order valence-electron chi connectivity index (χ4n) is 2.73. The van der Waals surface area contributed by atoms with E-state index in [1.807, 2.05) is 12.1 Å². The largest absolute Gasteiger partial charge is 0.389 e. The van der Waals surface area contributed by atoms with Gasteiger partial charge in [0.25, 0.3) is 0 Å². The van der Waals surface area contributed by atoms with Gasteiger partial charge in [-0.15, -0.1) is 0 Å². The maximum absolute atomic E-state index is 9.64. The first-order valence-electron chi connectivity index (χ1n) is 7.10. The zero-order valence-corrected chi connectivity index (χ0v) is 12.2. The Kier molecular flexibility index (Phi) is 4.77. The summed E-state index contributed by atoms with van der Waals surface area (Å²) in [6, 6.07) is 3.89. The van der Waals surface area contributed by atoms with E-state index in [0.717, 1.165) is 30.4 Å². The van der Waals surface area contributed by atoms with Crippen molar-refractivity contribution in [3.8, 4) is 0 Å². The van der Waals surface area contributed by atoms with Gasteiger partial charge in [0.1, 0.15) is 5.82 Å². The molecular weight excluding hydrogens is 238 g/mol. The first-order chi connectivity index (χ1) is 9.06. The average Bonchev–Trinajstić information content (AvgIpc) is 2.39. The van der Waals surface area contributed by atoms with E-state index in [4.69, 9.17) is 0 Å². The van der Waals surface area contributed by atoms with Crippen LogP contribution in [0.2, 0.25) is 0 Å². The summed E-state index contributed by atoms with van der Waals surface area (Å²) in [6.45, 7) is 5.10. The minimum Gasteiger partial charge on any atom is -0.389 e. The number of pyridine rings is 1. The molecule has 1 saturated heterocycles. The Morgan fingerprint density at radius 3 is 2.68 bits per heavy atom. The normalized spacial score (nSPS) is 18.9. The second-order valence-corrected chi connectivity index (χ2v) is 5.82. The summed E-state index contributed by atoms with van der Waals surface area (Å²) in [5.41, 5.74) is 0.945. The fourth-order valence-corrected chi connectivity index (χ4v) is 2.73. The smallest absolute Gasteiger partial charge is 0.128 e. The van der Waals surface area contributed by atoms with Crippen molar-refractivity contribution in [3.63, 3.8) is 0 Å².